The van der Waals surface area contributed by atoms with Crippen molar-refractivity contribution in [3.63, 3.8) is 0 Å². The zero-order valence-corrected chi connectivity index (χ0v) is 10.3. The number of aliphatic hydroxyl groups excluding tert-OH is 1. The molecule has 0 radical (unpaired) electrons. The summed E-state index contributed by atoms with van der Waals surface area (Å²) in [6.45, 7) is 0. The number of carbonyl (C=O) groups excluding carboxylic acids is 1. The predicted molar refractivity (Wildman–Crippen MR) is 71.6 cm³/mol. The van der Waals surface area contributed by atoms with Crippen LogP contribution in [0, 0.1) is 0 Å². The summed E-state index contributed by atoms with van der Waals surface area (Å²) >= 11 is 5.92. The molecular formula is C14H12ClNO2. The number of hydrogen-bond donors (Lipinski definition) is 2. The summed E-state index contributed by atoms with van der Waals surface area (Å²) in [6.07, 6.45) is -0.253. The van der Waals surface area contributed by atoms with Crippen LogP contribution in [-0.4, -0.2) is 11.5 Å². The minimum absolute atomic E-state index is 0.511. The molecule has 1 unspecified atom stereocenters. The summed E-state index contributed by atoms with van der Waals surface area (Å²) in [5.41, 5.74) is 1.86. The number of nitrogens with one attached hydrogen (secondary N) is 1. The Balaban J connectivity index is 2.43. The van der Waals surface area contributed by atoms with E-state index in [0.717, 1.165) is 5.56 Å². The van der Waals surface area contributed by atoms with Gasteiger partial charge in [-0.25, -0.2) is 0 Å². The molecule has 1 amide bonds. The van der Waals surface area contributed by atoms with Gasteiger partial charge in [0.15, 0.2) is 0 Å². The number of benzene rings is 2. The fourth-order valence-electron chi connectivity index (χ4n) is 1.77. The van der Waals surface area contributed by atoms with Crippen molar-refractivity contribution in [3.8, 4) is 0 Å². The van der Waals surface area contributed by atoms with Gasteiger partial charge < -0.3 is 10.4 Å². The predicted octanol–water partition coefficient (Wildman–Crippen LogP) is 2.99. The first-order chi connectivity index (χ1) is 8.72. The minimum Gasteiger partial charge on any atom is -0.384 e. The van der Waals surface area contributed by atoms with Crippen LogP contribution in [0.3, 0.4) is 0 Å². The zero-order chi connectivity index (χ0) is 13.0. The van der Waals surface area contributed by atoms with Crippen molar-refractivity contribution in [3.05, 3.63) is 64.7 Å². The Morgan fingerprint density at radius 1 is 1.17 bits per heavy atom. The molecule has 0 saturated heterocycles. The Labute approximate surface area is 110 Å². The van der Waals surface area contributed by atoms with E-state index in [1.807, 2.05) is 30.3 Å². The third-order valence-electron chi connectivity index (χ3n) is 2.64. The van der Waals surface area contributed by atoms with Crippen LogP contribution in [0.2, 0.25) is 5.02 Å². The molecule has 2 aromatic rings. The lowest BCUT2D eigenvalue weighted by Gasteiger charge is -2.15. The summed E-state index contributed by atoms with van der Waals surface area (Å²) < 4.78 is 0. The first kappa shape index (κ1) is 12.6. The molecule has 18 heavy (non-hydrogen) atoms. The third-order valence-corrected chi connectivity index (χ3v) is 2.87. The molecule has 4 heteroatoms. The largest absolute Gasteiger partial charge is 0.384 e. The van der Waals surface area contributed by atoms with Crippen molar-refractivity contribution >= 4 is 23.7 Å². The average Bonchev–Trinajstić information content (AvgIpc) is 2.41. The van der Waals surface area contributed by atoms with Crippen LogP contribution in [0.5, 0.6) is 0 Å². The minimum atomic E-state index is -0.827. The number of carbonyl (C=O) groups is 1. The molecule has 0 saturated carbocycles. The first-order valence-corrected chi connectivity index (χ1v) is 5.83. The highest BCUT2D eigenvalue weighted by atomic mass is 35.5. The summed E-state index contributed by atoms with van der Waals surface area (Å²) in [5, 5.41) is 13.4. The van der Waals surface area contributed by atoms with Crippen LogP contribution in [0.25, 0.3) is 0 Å². The molecule has 0 aliphatic heterocycles. The van der Waals surface area contributed by atoms with E-state index in [1.54, 1.807) is 18.2 Å². The van der Waals surface area contributed by atoms with E-state index in [4.69, 9.17) is 11.6 Å². The second kappa shape index (κ2) is 5.67. The Morgan fingerprint density at radius 3 is 2.56 bits per heavy atom. The molecule has 1 atom stereocenters. The molecule has 2 aromatic carbocycles. The lowest BCUT2D eigenvalue weighted by molar-refractivity contribution is -0.105. The molecule has 92 valence electrons. The van der Waals surface area contributed by atoms with E-state index in [2.05, 4.69) is 5.32 Å². The van der Waals surface area contributed by atoms with Crippen LogP contribution >= 0.6 is 11.6 Å². The lowest BCUT2D eigenvalue weighted by atomic mass is 10.00. The standard InChI is InChI=1S/C14H12ClNO2/c15-11-6-7-13(16-9-17)12(8-11)14(18)10-4-2-1-3-5-10/h1-9,14,18H,(H,16,17). The molecular weight excluding hydrogens is 250 g/mol. The Bertz CT molecular complexity index is 543. The molecule has 0 aliphatic carbocycles. The third kappa shape index (κ3) is 2.70. The SMILES string of the molecule is O=CNc1ccc(Cl)cc1C(O)c1ccccc1. The highest BCUT2D eigenvalue weighted by Crippen LogP contribution is 2.30. The van der Waals surface area contributed by atoms with Crippen LogP contribution in [0.4, 0.5) is 5.69 Å². The van der Waals surface area contributed by atoms with Crippen LogP contribution in [-0.2, 0) is 4.79 Å². The Hall–Kier alpha value is -1.84. The molecule has 2 N–H and O–H groups in total. The van der Waals surface area contributed by atoms with Crippen molar-refractivity contribution in [2.45, 2.75) is 6.10 Å². The first-order valence-electron chi connectivity index (χ1n) is 5.45. The maximum absolute atomic E-state index is 10.5. The van der Waals surface area contributed by atoms with Crippen molar-refractivity contribution in [1.29, 1.82) is 0 Å². The van der Waals surface area contributed by atoms with Crippen LogP contribution in [0.15, 0.2) is 48.5 Å². The Kier molecular flexibility index (Phi) is 3.97. The molecule has 0 aliphatic rings. The van der Waals surface area contributed by atoms with Gasteiger partial charge in [0, 0.05) is 16.3 Å². The number of aliphatic hydroxyl groups is 1. The molecule has 0 fully saturated rings. The van der Waals surface area contributed by atoms with Crippen molar-refractivity contribution in [2.24, 2.45) is 0 Å². The summed E-state index contributed by atoms with van der Waals surface area (Å²) in [4.78, 5) is 10.5. The molecule has 0 heterocycles. The van der Waals surface area contributed by atoms with Crippen molar-refractivity contribution < 1.29 is 9.90 Å². The number of halogens is 1. The quantitative estimate of drug-likeness (QED) is 0.832. The van der Waals surface area contributed by atoms with E-state index in [-0.39, 0.29) is 0 Å². The van der Waals surface area contributed by atoms with E-state index < -0.39 is 6.10 Å². The van der Waals surface area contributed by atoms with Gasteiger partial charge in [-0.05, 0) is 23.8 Å². The van der Waals surface area contributed by atoms with Gasteiger partial charge in [-0.15, -0.1) is 0 Å². The smallest absolute Gasteiger partial charge is 0.211 e. The highest BCUT2D eigenvalue weighted by molar-refractivity contribution is 6.30. The number of hydrogen-bond acceptors (Lipinski definition) is 2. The second-order valence-electron chi connectivity index (χ2n) is 3.81. The van der Waals surface area contributed by atoms with Gasteiger partial charge >= 0.3 is 0 Å². The molecule has 3 nitrogen and oxygen atoms in total. The normalized spacial score (nSPS) is 11.9. The van der Waals surface area contributed by atoms with Gasteiger partial charge in [-0.3, -0.25) is 4.79 Å². The summed E-state index contributed by atoms with van der Waals surface area (Å²) in [5.74, 6) is 0. The van der Waals surface area contributed by atoms with Gasteiger partial charge in [0.05, 0.1) is 0 Å². The average molecular weight is 262 g/mol. The van der Waals surface area contributed by atoms with Gasteiger partial charge in [-0.2, -0.15) is 0 Å². The van der Waals surface area contributed by atoms with Crippen molar-refractivity contribution in [2.75, 3.05) is 5.32 Å². The van der Waals surface area contributed by atoms with E-state index in [9.17, 15) is 9.90 Å². The summed E-state index contributed by atoms with van der Waals surface area (Å²) in [7, 11) is 0. The zero-order valence-electron chi connectivity index (χ0n) is 9.51. The fourth-order valence-corrected chi connectivity index (χ4v) is 1.95. The Morgan fingerprint density at radius 2 is 1.89 bits per heavy atom. The van der Waals surface area contributed by atoms with Crippen molar-refractivity contribution in [1.82, 2.24) is 0 Å². The summed E-state index contributed by atoms with van der Waals surface area (Å²) in [6, 6.07) is 14.2. The second-order valence-corrected chi connectivity index (χ2v) is 4.24. The van der Waals surface area contributed by atoms with Gasteiger partial charge in [-0.1, -0.05) is 41.9 Å². The number of anilines is 1. The fraction of sp³-hybridized carbons (Fsp3) is 0.0714. The molecule has 2 rings (SSSR count). The van der Waals surface area contributed by atoms with E-state index in [0.29, 0.717) is 22.7 Å². The van der Waals surface area contributed by atoms with Crippen LogP contribution < -0.4 is 5.32 Å². The van der Waals surface area contributed by atoms with Crippen LogP contribution in [0.1, 0.15) is 17.2 Å². The van der Waals surface area contributed by atoms with E-state index in [1.165, 1.54) is 0 Å². The maximum atomic E-state index is 10.5. The highest BCUT2D eigenvalue weighted by Gasteiger charge is 2.14. The molecule has 0 spiro atoms. The van der Waals surface area contributed by atoms with E-state index >= 15 is 0 Å². The monoisotopic (exact) mass is 261 g/mol. The number of amides is 1. The molecule has 0 bridgehead atoms. The van der Waals surface area contributed by atoms with Gasteiger partial charge in [0.25, 0.3) is 0 Å². The maximum Gasteiger partial charge on any atom is 0.211 e. The lowest BCUT2D eigenvalue weighted by Crippen LogP contribution is -2.05. The van der Waals surface area contributed by atoms with Gasteiger partial charge in [0.1, 0.15) is 6.10 Å². The molecule has 0 aromatic heterocycles. The number of rotatable bonds is 4. The van der Waals surface area contributed by atoms with Gasteiger partial charge in [0.2, 0.25) is 6.41 Å². The topological polar surface area (TPSA) is 49.3 Å².